The number of carbonyl (C=O) groups excluding carboxylic acids is 2. The summed E-state index contributed by atoms with van der Waals surface area (Å²) in [4.78, 5) is 25.3. The summed E-state index contributed by atoms with van der Waals surface area (Å²) >= 11 is 0. The lowest BCUT2D eigenvalue weighted by Gasteiger charge is -2.58. The van der Waals surface area contributed by atoms with Crippen LogP contribution in [0, 0.1) is 35.5 Å². The van der Waals surface area contributed by atoms with Gasteiger partial charge in [0.05, 0.1) is 17.8 Å². The zero-order chi connectivity index (χ0) is 22.7. The van der Waals surface area contributed by atoms with Crippen molar-refractivity contribution < 1.29 is 35.1 Å². The molecule has 8 nitrogen and oxygen atoms in total. The lowest BCUT2D eigenvalue weighted by atomic mass is 9.49. The molecule has 0 saturated heterocycles. The molecule has 31 heavy (non-hydrogen) atoms. The Kier molecular flexibility index (Phi) is 5.96. The summed E-state index contributed by atoms with van der Waals surface area (Å²) in [5.74, 6) is -3.70. The molecule has 8 heteroatoms. The number of rotatable bonds is 4. The van der Waals surface area contributed by atoms with Crippen molar-refractivity contribution in [2.75, 3.05) is 0 Å². The van der Waals surface area contributed by atoms with Crippen LogP contribution < -0.4 is 5.73 Å². The molecule has 10 atom stereocenters. The number of hydrogen-bond acceptors (Lipinski definition) is 7. The number of fused-ring (bicyclic) bond motifs is 3. The van der Waals surface area contributed by atoms with Gasteiger partial charge in [-0.3, -0.25) is 9.59 Å². The number of nitrogens with two attached hydrogens (primary N) is 1. The van der Waals surface area contributed by atoms with Crippen LogP contribution in [0.2, 0.25) is 0 Å². The topological polar surface area (TPSA) is 161 Å². The van der Waals surface area contributed by atoms with E-state index in [9.17, 15) is 35.1 Å². The Labute approximate surface area is 182 Å². The van der Waals surface area contributed by atoms with Crippen LogP contribution in [0.25, 0.3) is 0 Å². The maximum absolute atomic E-state index is 13.6. The molecule has 4 aliphatic rings. The van der Waals surface area contributed by atoms with Gasteiger partial charge in [-0.25, -0.2) is 0 Å². The zero-order valence-electron chi connectivity index (χ0n) is 18.0. The molecular weight excluding hydrogens is 402 g/mol. The molecule has 0 radical (unpaired) electrons. The quantitative estimate of drug-likeness (QED) is 0.374. The van der Waals surface area contributed by atoms with Crippen molar-refractivity contribution in [3.8, 4) is 0 Å². The largest absolute Gasteiger partial charge is 0.512 e. The highest BCUT2D eigenvalue weighted by atomic mass is 16.4. The first-order chi connectivity index (χ1) is 14.6. The standard InChI is InChI=1S/C23H35NO7/c1-2-3-4-10-5-6-14(25)17-13(10)8-11-7-12-9-15(26)18(22(24)30)21(29)23(12,31)20(28)16(11)19(17)27/h10-14,16-17,20-21,25-26,28-29,31H,2-9H2,1H3,(H2,24,30)/t10?,11-,12+,13?,14?,16?,17?,20?,21?,23+/m1/s1. The van der Waals surface area contributed by atoms with E-state index in [0.29, 0.717) is 25.2 Å². The molecule has 4 rings (SSSR count). The molecule has 4 aliphatic carbocycles. The Bertz CT molecular complexity index is 780. The first-order valence-electron chi connectivity index (χ1n) is 11.6. The maximum atomic E-state index is 13.6. The van der Waals surface area contributed by atoms with E-state index in [1.807, 2.05) is 0 Å². The molecule has 7 N–H and O–H groups in total. The van der Waals surface area contributed by atoms with Gasteiger partial charge in [-0.2, -0.15) is 0 Å². The Hall–Kier alpha value is -1.48. The second-order valence-electron chi connectivity index (χ2n) is 10.3. The number of primary amides is 1. The van der Waals surface area contributed by atoms with Crippen LogP contribution in [0.15, 0.2) is 11.3 Å². The SMILES string of the molecule is CCCCC1CCC(O)C2C(=O)C3C(O)[C@]4(O)C(O)C(C(N)=O)=C(O)C[C@@H]4C[C@@H]3CC12. The minimum absolute atomic E-state index is 0.0428. The van der Waals surface area contributed by atoms with Gasteiger partial charge in [0.25, 0.3) is 5.91 Å². The summed E-state index contributed by atoms with van der Waals surface area (Å²) in [7, 11) is 0. The minimum Gasteiger partial charge on any atom is -0.512 e. The number of carbonyl (C=O) groups is 2. The number of unbranched alkanes of at least 4 members (excludes halogenated alkanes) is 1. The molecule has 3 fully saturated rings. The van der Waals surface area contributed by atoms with E-state index in [4.69, 9.17) is 5.73 Å². The highest BCUT2D eigenvalue weighted by molar-refractivity contribution is 5.94. The minimum atomic E-state index is -2.15. The first kappa shape index (κ1) is 22.7. The van der Waals surface area contributed by atoms with E-state index in [2.05, 4.69) is 6.92 Å². The molecule has 0 aliphatic heterocycles. The van der Waals surface area contributed by atoms with E-state index < -0.39 is 53.1 Å². The van der Waals surface area contributed by atoms with E-state index in [1.54, 1.807) is 0 Å². The Morgan fingerprint density at radius 3 is 2.52 bits per heavy atom. The number of aliphatic hydroxyl groups excluding tert-OH is 4. The molecular formula is C23H35NO7. The number of ketones is 1. The van der Waals surface area contributed by atoms with Crippen LogP contribution in [-0.4, -0.2) is 61.1 Å². The van der Waals surface area contributed by atoms with E-state index >= 15 is 0 Å². The van der Waals surface area contributed by atoms with Crippen molar-refractivity contribution in [1.29, 1.82) is 0 Å². The van der Waals surface area contributed by atoms with Crippen molar-refractivity contribution in [2.45, 2.75) is 82.2 Å². The predicted molar refractivity (Wildman–Crippen MR) is 110 cm³/mol. The fourth-order valence-electron chi connectivity index (χ4n) is 7.25. The predicted octanol–water partition coefficient (Wildman–Crippen LogP) is 0.559. The fourth-order valence-corrected chi connectivity index (χ4v) is 7.25. The van der Waals surface area contributed by atoms with Gasteiger partial charge in [0.2, 0.25) is 0 Å². The lowest BCUT2D eigenvalue weighted by molar-refractivity contribution is -0.230. The first-order valence-corrected chi connectivity index (χ1v) is 11.6. The van der Waals surface area contributed by atoms with Crippen molar-refractivity contribution in [3.63, 3.8) is 0 Å². The molecule has 0 aromatic heterocycles. The van der Waals surface area contributed by atoms with Crippen LogP contribution >= 0.6 is 0 Å². The Balaban J connectivity index is 1.67. The van der Waals surface area contributed by atoms with Crippen LogP contribution in [-0.2, 0) is 9.59 Å². The summed E-state index contributed by atoms with van der Waals surface area (Å²) in [6.45, 7) is 2.13. The summed E-state index contributed by atoms with van der Waals surface area (Å²) in [6, 6.07) is 0. The molecule has 0 aromatic rings. The van der Waals surface area contributed by atoms with Gasteiger partial charge in [-0.05, 0) is 43.4 Å². The summed E-state index contributed by atoms with van der Waals surface area (Å²) in [5, 5.41) is 54.3. The second kappa shape index (κ2) is 8.14. The van der Waals surface area contributed by atoms with Crippen molar-refractivity contribution in [2.24, 2.45) is 41.2 Å². The second-order valence-corrected chi connectivity index (χ2v) is 10.3. The molecule has 174 valence electrons. The Morgan fingerprint density at radius 2 is 1.87 bits per heavy atom. The number of aliphatic hydroxyl groups is 5. The molecule has 7 unspecified atom stereocenters. The van der Waals surface area contributed by atoms with Crippen molar-refractivity contribution in [1.82, 2.24) is 0 Å². The Morgan fingerprint density at radius 1 is 1.16 bits per heavy atom. The van der Waals surface area contributed by atoms with Gasteiger partial charge in [-0.15, -0.1) is 0 Å². The van der Waals surface area contributed by atoms with E-state index in [-0.39, 0.29) is 29.8 Å². The average Bonchev–Trinajstić information content (AvgIpc) is 2.70. The number of amides is 1. The van der Waals surface area contributed by atoms with Crippen molar-refractivity contribution >= 4 is 11.7 Å². The monoisotopic (exact) mass is 437 g/mol. The molecule has 0 spiro atoms. The molecule has 3 saturated carbocycles. The highest BCUT2D eigenvalue weighted by Gasteiger charge is 2.65. The lowest BCUT2D eigenvalue weighted by Crippen LogP contribution is -2.70. The van der Waals surface area contributed by atoms with Crippen LogP contribution in [0.5, 0.6) is 0 Å². The third-order valence-corrected chi connectivity index (χ3v) is 8.77. The summed E-state index contributed by atoms with van der Waals surface area (Å²) in [6.07, 6.45) is 1.25. The third-order valence-electron chi connectivity index (χ3n) is 8.77. The highest BCUT2D eigenvalue weighted by Crippen LogP contribution is 2.57. The van der Waals surface area contributed by atoms with Gasteiger partial charge < -0.3 is 31.3 Å². The van der Waals surface area contributed by atoms with Crippen molar-refractivity contribution in [3.05, 3.63) is 11.3 Å². The molecule has 0 aromatic carbocycles. The number of allylic oxidation sites excluding steroid dienone is 1. The van der Waals surface area contributed by atoms with Gasteiger partial charge in [0.15, 0.2) is 0 Å². The summed E-state index contributed by atoms with van der Waals surface area (Å²) in [5.41, 5.74) is 2.63. The van der Waals surface area contributed by atoms with Crippen LogP contribution in [0.3, 0.4) is 0 Å². The third kappa shape index (κ3) is 3.34. The average molecular weight is 438 g/mol. The van der Waals surface area contributed by atoms with Gasteiger partial charge in [-0.1, -0.05) is 26.2 Å². The number of hydrogen-bond donors (Lipinski definition) is 6. The van der Waals surface area contributed by atoms with Gasteiger partial charge >= 0.3 is 0 Å². The van der Waals surface area contributed by atoms with E-state index in [0.717, 1.165) is 25.7 Å². The summed E-state index contributed by atoms with van der Waals surface area (Å²) < 4.78 is 0. The maximum Gasteiger partial charge on any atom is 0.250 e. The van der Waals surface area contributed by atoms with E-state index in [1.165, 1.54) is 0 Å². The molecule has 0 bridgehead atoms. The van der Waals surface area contributed by atoms with Crippen LogP contribution in [0.1, 0.15) is 58.3 Å². The zero-order valence-corrected chi connectivity index (χ0v) is 18.0. The van der Waals surface area contributed by atoms with Gasteiger partial charge in [0, 0.05) is 24.2 Å². The normalized spacial score (nSPS) is 47.4. The fraction of sp³-hybridized carbons (Fsp3) is 0.826. The molecule has 0 heterocycles. The molecule has 1 amide bonds. The van der Waals surface area contributed by atoms with Crippen LogP contribution in [0.4, 0.5) is 0 Å². The number of Topliss-reactive ketones (excluding diaryl/α,β-unsaturated/α-hetero) is 1. The smallest absolute Gasteiger partial charge is 0.250 e. The van der Waals surface area contributed by atoms with Gasteiger partial charge in [0.1, 0.15) is 23.2 Å².